The number of pyridine rings is 1. The van der Waals surface area contributed by atoms with Crippen LogP contribution in [0.4, 0.5) is 15.9 Å². The van der Waals surface area contributed by atoms with Crippen LogP contribution in [-0.4, -0.2) is 4.98 Å². The summed E-state index contributed by atoms with van der Waals surface area (Å²) >= 11 is 0. The topological polar surface area (TPSA) is 37.0 Å². The number of nitrogens with one attached hydrogen (secondary N) is 2. The van der Waals surface area contributed by atoms with Crippen LogP contribution in [0.15, 0.2) is 104 Å². The first-order valence-corrected chi connectivity index (χ1v) is 13.6. The second kappa shape index (κ2) is 14.1. The number of rotatable bonds is 7. The van der Waals surface area contributed by atoms with Gasteiger partial charge in [-0.15, -0.1) is 0 Å². The fourth-order valence-corrected chi connectivity index (χ4v) is 3.97. The minimum absolute atomic E-state index is 0.00389. The zero-order valence-corrected chi connectivity index (χ0v) is 23.1. The molecule has 198 valence electrons. The molecule has 38 heavy (non-hydrogen) atoms. The van der Waals surface area contributed by atoms with Gasteiger partial charge in [0, 0.05) is 23.1 Å². The van der Waals surface area contributed by atoms with Crippen molar-refractivity contribution < 1.29 is 4.39 Å². The Morgan fingerprint density at radius 1 is 0.816 bits per heavy atom. The van der Waals surface area contributed by atoms with Crippen LogP contribution in [0, 0.1) is 5.82 Å². The van der Waals surface area contributed by atoms with E-state index in [1.54, 1.807) is 12.3 Å². The fourth-order valence-electron chi connectivity index (χ4n) is 3.97. The zero-order valence-electron chi connectivity index (χ0n) is 23.1. The largest absolute Gasteiger partial charge is 0.376 e. The van der Waals surface area contributed by atoms with Crippen molar-refractivity contribution in [3.05, 3.63) is 121 Å². The van der Waals surface area contributed by atoms with Gasteiger partial charge in [-0.05, 0) is 65.9 Å². The standard InChI is InChI=1S/C28H24FN3.2C3H8/c1-20(32-28(15-16-28)24-9-3-2-4-10-24)21-7-6-12-26(18-21)31-27-14-13-23(19-30-27)22-8-5-11-25(29)17-22;2*1-3-2/h2-14,17-19,32H,1,15-16H2,(H,30,31);2*3H2,1-2H3. The number of hydrogen-bond donors (Lipinski definition) is 2. The van der Waals surface area contributed by atoms with E-state index in [2.05, 4.69) is 86.3 Å². The molecule has 1 aliphatic rings. The monoisotopic (exact) mass is 509 g/mol. The van der Waals surface area contributed by atoms with Crippen LogP contribution in [0.1, 0.15) is 64.5 Å². The van der Waals surface area contributed by atoms with E-state index < -0.39 is 0 Å². The van der Waals surface area contributed by atoms with Crippen LogP contribution >= 0.6 is 0 Å². The predicted molar refractivity (Wildman–Crippen MR) is 161 cm³/mol. The van der Waals surface area contributed by atoms with Crippen molar-refractivity contribution in [2.24, 2.45) is 0 Å². The molecule has 4 aromatic rings. The molecule has 0 bridgehead atoms. The maximum Gasteiger partial charge on any atom is 0.130 e. The van der Waals surface area contributed by atoms with E-state index in [1.807, 2.05) is 36.4 Å². The average Bonchev–Trinajstić information content (AvgIpc) is 3.71. The Labute approximate surface area is 227 Å². The minimum atomic E-state index is -0.254. The van der Waals surface area contributed by atoms with Crippen LogP contribution in [0.3, 0.4) is 0 Å². The SMILES string of the molecule is C=C(NC1(c2ccccc2)CC1)c1cccc(Nc2ccc(-c3cccc(F)c3)cn2)c1.CCC.CCC. The van der Waals surface area contributed by atoms with Crippen molar-refractivity contribution >= 4 is 17.2 Å². The van der Waals surface area contributed by atoms with E-state index in [9.17, 15) is 4.39 Å². The summed E-state index contributed by atoms with van der Waals surface area (Å²) in [5.41, 5.74) is 5.85. The molecule has 0 radical (unpaired) electrons. The first-order valence-electron chi connectivity index (χ1n) is 13.6. The molecule has 3 nitrogen and oxygen atoms in total. The van der Waals surface area contributed by atoms with Gasteiger partial charge < -0.3 is 10.6 Å². The normalized spacial score (nSPS) is 12.7. The van der Waals surface area contributed by atoms with E-state index in [1.165, 1.54) is 30.5 Å². The molecule has 5 rings (SSSR count). The van der Waals surface area contributed by atoms with Gasteiger partial charge in [0.2, 0.25) is 0 Å². The summed E-state index contributed by atoms with van der Waals surface area (Å²) in [4.78, 5) is 4.49. The van der Waals surface area contributed by atoms with Crippen molar-refractivity contribution in [3.63, 3.8) is 0 Å². The van der Waals surface area contributed by atoms with Crippen molar-refractivity contribution in [1.29, 1.82) is 0 Å². The molecule has 1 aromatic heterocycles. The lowest BCUT2D eigenvalue weighted by atomic mass is 10.0. The maximum absolute atomic E-state index is 13.5. The molecule has 0 unspecified atom stereocenters. The molecule has 0 amide bonds. The van der Waals surface area contributed by atoms with Gasteiger partial charge in [-0.2, -0.15) is 0 Å². The minimum Gasteiger partial charge on any atom is -0.376 e. The lowest BCUT2D eigenvalue weighted by Gasteiger charge is -2.21. The quantitative estimate of drug-likeness (QED) is 0.260. The molecule has 1 aliphatic carbocycles. The summed E-state index contributed by atoms with van der Waals surface area (Å²) in [6.45, 7) is 12.8. The van der Waals surface area contributed by atoms with E-state index in [0.29, 0.717) is 0 Å². The smallest absolute Gasteiger partial charge is 0.130 e. The summed E-state index contributed by atoms with van der Waals surface area (Å²) in [5.74, 6) is 0.472. The number of benzene rings is 3. The lowest BCUT2D eigenvalue weighted by molar-refractivity contribution is 0.628. The molecule has 0 spiro atoms. The maximum atomic E-state index is 13.5. The van der Waals surface area contributed by atoms with E-state index in [-0.39, 0.29) is 11.4 Å². The van der Waals surface area contributed by atoms with E-state index >= 15 is 0 Å². The highest BCUT2D eigenvalue weighted by Crippen LogP contribution is 2.46. The molecule has 1 fully saturated rings. The summed E-state index contributed by atoms with van der Waals surface area (Å²) in [5, 5.41) is 7.00. The van der Waals surface area contributed by atoms with E-state index in [4.69, 9.17) is 0 Å². The number of hydrogen-bond acceptors (Lipinski definition) is 3. The average molecular weight is 510 g/mol. The molecule has 1 saturated carbocycles. The number of aromatic nitrogens is 1. The molecule has 1 heterocycles. The molecule has 0 aliphatic heterocycles. The van der Waals surface area contributed by atoms with Crippen LogP contribution in [0.2, 0.25) is 0 Å². The van der Waals surface area contributed by atoms with Gasteiger partial charge in [0.25, 0.3) is 0 Å². The summed E-state index contributed by atoms with van der Waals surface area (Å²) in [6.07, 6.45) is 6.46. The number of anilines is 2. The van der Waals surface area contributed by atoms with Gasteiger partial charge in [0.05, 0.1) is 5.54 Å². The first kappa shape index (κ1) is 28.6. The number of halogens is 1. The highest BCUT2D eigenvalue weighted by atomic mass is 19.1. The van der Waals surface area contributed by atoms with Gasteiger partial charge in [-0.1, -0.05) is 102 Å². The van der Waals surface area contributed by atoms with Gasteiger partial charge in [0.1, 0.15) is 11.6 Å². The van der Waals surface area contributed by atoms with Crippen molar-refractivity contribution in [2.75, 3.05) is 5.32 Å². The highest BCUT2D eigenvalue weighted by Gasteiger charge is 2.44. The Morgan fingerprint density at radius 2 is 1.50 bits per heavy atom. The number of nitrogens with zero attached hydrogens (tertiary/aromatic N) is 1. The molecular formula is C34H40FN3. The molecule has 0 atom stereocenters. The molecule has 0 saturated heterocycles. The van der Waals surface area contributed by atoms with Gasteiger partial charge in [-0.3, -0.25) is 0 Å². The zero-order chi connectivity index (χ0) is 27.4. The molecular weight excluding hydrogens is 469 g/mol. The van der Waals surface area contributed by atoms with Gasteiger partial charge in [-0.25, -0.2) is 9.37 Å². The van der Waals surface area contributed by atoms with Gasteiger partial charge >= 0.3 is 0 Å². The Kier molecular flexibility index (Phi) is 10.7. The Hall–Kier alpha value is -3.92. The third kappa shape index (κ3) is 8.04. The third-order valence-corrected chi connectivity index (χ3v) is 5.87. The second-order valence-corrected chi connectivity index (χ2v) is 9.61. The molecule has 4 heteroatoms. The van der Waals surface area contributed by atoms with Crippen LogP contribution in [0.5, 0.6) is 0 Å². The highest BCUT2D eigenvalue weighted by molar-refractivity contribution is 5.70. The molecule has 2 N–H and O–H groups in total. The fraction of sp³-hybridized carbons (Fsp3) is 0.265. The summed E-state index contributed by atoms with van der Waals surface area (Å²) < 4.78 is 13.5. The summed E-state index contributed by atoms with van der Waals surface area (Å²) in [6, 6.07) is 29.0. The Bertz CT molecular complexity index is 1280. The second-order valence-electron chi connectivity index (χ2n) is 9.61. The first-order chi connectivity index (χ1) is 18.4. The van der Waals surface area contributed by atoms with Crippen molar-refractivity contribution in [2.45, 2.75) is 58.9 Å². The summed E-state index contributed by atoms with van der Waals surface area (Å²) in [7, 11) is 0. The van der Waals surface area contributed by atoms with Crippen molar-refractivity contribution in [1.82, 2.24) is 10.3 Å². The lowest BCUT2D eigenvalue weighted by Crippen LogP contribution is -2.27. The van der Waals surface area contributed by atoms with Gasteiger partial charge in [0.15, 0.2) is 0 Å². The van der Waals surface area contributed by atoms with E-state index in [0.717, 1.165) is 46.7 Å². The van der Waals surface area contributed by atoms with Crippen LogP contribution < -0.4 is 10.6 Å². The Morgan fingerprint density at radius 3 is 2.11 bits per heavy atom. The van der Waals surface area contributed by atoms with Crippen LogP contribution in [-0.2, 0) is 5.54 Å². The predicted octanol–water partition coefficient (Wildman–Crippen LogP) is 9.71. The van der Waals surface area contributed by atoms with Crippen molar-refractivity contribution in [3.8, 4) is 11.1 Å². The van der Waals surface area contributed by atoms with Crippen LogP contribution in [0.25, 0.3) is 16.8 Å². The third-order valence-electron chi connectivity index (χ3n) is 5.87. The Balaban J connectivity index is 0.000000611. The molecule has 3 aromatic carbocycles.